The Kier molecular flexibility index (Phi) is 9.39. The average molecular weight is 602 g/mol. The summed E-state index contributed by atoms with van der Waals surface area (Å²) in [5.41, 5.74) is 0.606. The molecule has 0 aromatic carbocycles. The van der Waals surface area contributed by atoms with Crippen molar-refractivity contribution in [3.8, 4) is 0 Å². The van der Waals surface area contributed by atoms with E-state index in [4.69, 9.17) is 9.47 Å². The standard InChI is InChI=1S/C25H41BrN6O4S/c1-9-10-18(2)19-20(29-11-13-30(14-12-29)24(34)36-25(3,4)5)21(33)32-23(27-22(26)28-32)31(19)17-35-15-16-37(6,7)8/h9,18H,1,10-17H2,2-8H3. The van der Waals surface area contributed by atoms with Crippen molar-refractivity contribution in [2.45, 2.75) is 52.4 Å². The molecule has 1 saturated heterocycles. The van der Waals surface area contributed by atoms with Crippen molar-refractivity contribution < 1.29 is 14.3 Å². The number of fused-ring (bicyclic) bond motifs is 1. The zero-order valence-electron chi connectivity index (χ0n) is 23.1. The molecule has 1 aliphatic heterocycles. The largest absolute Gasteiger partial charge is 0.444 e. The van der Waals surface area contributed by atoms with Gasteiger partial charge in [-0.1, -0.05) is 13.0 Å². The number of piperazine rings is 1. The van der Waals surface area contributed by atoms with Gasteiger partial charge in [-0.05, 0) is 61.9 Å². The first-order valence-corrected chi connectivity index (χ1v) is 16.3. The fourth-order valence-electron chi connectivity index (χ4n) is 4.23. The van der Waals surface area contributed by atoms with Crippen molar-refractivity contribution in [2.75, 3.05) is 62.2 Å². The number of aromatic nitrogens is 4. The van der Waals surface area contributed by atoms with Gasteiger partial charge in [-0.3, -0.25) is 9.36 Å². The number of amides is 1. The molecule has 2 aromatic heterocycles. The molecule has 12 heteroatoms. The molecule has 0 bridgehead atoms. The summed E-state index contributed by atoms with van der Waals surface area (Å²) in [4.78, 5) is 34.6. The summed E-state index contributed by atoms with van der Waals surface area (Å²) in [6.07, 6.45) is 8.98. The second kappa shape index (κ2) is 11.8. The van der Waals surface area contributed by atoms with Crippen LogP contribution < -0.4 is 10.5 Å². The van der Waals surface area contributed by atoms with E-state index in [9.17, 15) is 9.59 Å². The maximum atomic E-state index is 13.8. The van der Waals surface area contributed by atoms with Crippen molar-refractivity contribution in [3.63, 3.8) is 0 Å². The van der Waals surface area contributed by atoms with Crippen molar-refractivity contribution in [2.24, 2.45) is 0 Å². The van der Waals surface area contributed by atoms with E-state index in [1.54, 1.807) is 4.90 Å². The van der Waals surface area contributed by atoms with Crippen LogP contribution in [0.25, 0.3) is 5.78 Å². The molecule has 10 nitrogen and oxygen atoms in total. The molecule has 37 heavy (non-hydrogen) atoms. The molecule has 3 rings (SSSR count). The molecule has 0 spiro atoms. The van der Waals surface area contributed by atoms with E-state index in [2.05, 4.69) is 58.3 Å². The van der Waals surface area contributed by atoms with E-state index in [1.807, 2.05) is 36.3 Å². The van der Waals surface area contributed by atoms with Gasteiger partial charge < -0.3 is 19.3 Å². The summed E-state index contributed by atoms with van der Waals surface area (Å²) in [6.45, 7) is 14.3. The molecule has 1 amide bonds. The highest BCUT2D eigenvalue weighted by molar-refractivity contribution is 9.10. The quantitative estimate of drug-likeness (QED) is 0.316. The predicted octanol–water partition coefficient (Wildman–Crippen LogP) is 4.06. The van der Waals surface area contributed by atoms with Crippen LogP contribution in [-0.2, 0) is 16.2 Å². The lowest BCUT2D eigenvalue weighted by molar-refractivity contribution is 0.0240. The second-order valence-corrected chi connectivity index (χ2v) is 16.6. The van der Waals surface area contributed by atoms with Crippen LogP contribution in [-0.4, -0.2) is 93.1 Å². The zero-order valence-corrected chi connectivity index (χ0v) is 25.5. The van der Waals surface area contributed by atoms with Gasteiger partial charge in [0.1, 0.15) is 18.0 Å². The summed E-state index contributed by atoms with van der Waals surface area (Å²) in [5, 5.41) is 4.33. The highest BCUT2D eigenvalue weighted by Crippen LogP contribution is 2.34. The van der Waals surface area contributed by atoms with E-state index in [1.165, 1.54) is 4.52 Å². The van der Waals surface area contributed by atoms with Crippen LogP contribution in [0.15, 0.2) is 22.2 Å². The summed E-state index contributed by atoms with van der Waals surface area (Å²) >= 11 is 3.34. The lowest BCUT2D eigenvalue weighted by atomic mass is 10.0. The van der Waals surface area contributed by atoms with Crippen molar-refractivity contribution >= 4 is 43.5 Å². The predicted molar refractivity (Wildman–Crippen MR) is 154 cm³/mol. The number of ether oxygens (including phenoxy) is 2. The number of carbonyl (C=O) groups excluding carboxylic acids is 1. The maximum Gasteiger partial charge on any atom is 0.410 e. The van der Waals surface area contributed by atoms with Crippen LogP contribution in [0.4, 0.5) is 10.5 Å². The van der Waals surface area contributed by atoms with Gasteiger partial charge in [-0.15, -0.1) is 11.7 Å². The third kappa shape index (κ3) is 7.51. The van der Waals surface area contributed by atoms with Crippen LogP contribution in [0.2, 0.25) is 0 Å². The number of rotatable bonds is 9. The Morgan fingerprint density at radius 1 is 1.22 bits per heavy atom. The Bertz CT molecular complexity index is 1180. The maximum absolute atomic E-state index is 13.8. The highest BCUT2D eigenvalue weighted by Gasteiger charge is 2.31. The van der Waals surface area contributed by atoms with Gasteiger partial charge in [0.05, 0.1) is 12.3 Å². The Balaban J connectivity index is 2.00. The molecule has 1 fully saturated rings. The molecule has 2 aromatic rings. The molecule has 1 atom stereocenters. The van der Waals surface area contributed by atoms with Crippen LogP contribution >= 0.6 is 26.0 Å². The number of halogens is 1. The van der Waals surface area contributed by atoms with E-state index >= 15 is 0 Å². The normalized spacial score (nSPS) is 16.2. The minimum atomic E-state index is -0.697. The first kappa shape index (κ1) is 29.5. The van der Waals surface area contributed by atoms with Gasteiger partial charge >= 0.3 is 6.09 Å². The lowest BCUT2D eigenvalue weighted by Crippen LogP contribution is -2.52. The number of carbonyl (C=O) groups is 1. The first-order chi connectivity index (χ1) is 17.2. The second-order valence-electron chi connectivity index (χ2n) is 11.3. The smallest absolute Gasteiger partial charge is 0.410 e. The number of hydrogen-bond acceptors (Lipinski definition) is 7. The average Bonchev–Trinajstić information content (AvgIpc) is 3.18. The van der Waals surface area contributed by atoms with E-state index in [0.717, 1.165) is 11.4 Å². The van der Waals surface area contributed by atoms with Gasteiger partial charge in [-0.25, -0.2) is 14.8 Å². The van der Waals surface area contributed by atoms with Crippen LogP contribution in [0.3, 0.4) is 0 Å². The van der Waals surface area contributed by atoms with E-state index < -0.39 is 15.6 Å². The molecule has 1 aliphatic rings. The molecule has 208 valence electrons. The number of allylic oxidation sites excluding steroid dienone is 1. The topological polar surface area (TPSA) is 94.2 Å². The lowest BCUT2D eigenvalue weighted by Gasteiger charge is -2.38. The summed E-state index contributed by atoms with van der Waals surface area (Å²) in [7, 11) is -0.697. The number of hydrogen-bond donors (Lipinski definition) is 0. The molecule has 0 saturated carbocycles. The molecule has 0 radical (unpaired) electrons. The summed E-state index contributed by atoms with van der Waals surface area (Å²) in [6, 6.07) is 0. The molecule has 0 aliphatic carbocycles. The molecule has 3 heterocycles. The molecular weight excluding hydrogens is 560 g/mol. The summed E-state index contributed by atoms with van der Waals surface area (Å²) < 4.78 is 15.3. The minimum absolute atomic E-state index is 0.0126. The Morgan fingerprint density at radius 2 is 1.86 bits per heavy atom. The number of nitrogens with zero attached hydrogens (tertiary/aromatic N) is 6. The molecule has 1 unspecified atom stereocenters. The summed E-state index contributed by atoms with van der Waals surface area (Å²) in [5.74, 6) is 1.40. The SMILES string of the molecule is C=CCC(C)c1c(N2CCN(C(=O)OC(C)(C)C)CC2)c(=O)n2nc(Br)nc2n1COCCS(C)(C)C. The third-order valence-corrected chi connectivity index (χ3v) is 7.76. The Hall–Kier alpha value is -2.05. The molecular formula is C25H41BrN6O4S. The fourth-order valence-corrected chi connectivity index (χ4v) is 5.16. The Morgan fingerprint density at radius 3 is 2.43 bits per heavy atom. The van der Waals surface area contributed by atoms with Crippen LogP contribution in [0.5, 0.6) is 0 Å². The van der Waals surface area contributed by atoms with Crippen molar-refractivity contribution in [3.05, 3.63) is 33.4 Å². The van der Waals surface area contributed by atoms with Gasteiger partial charge in [-0.2, -0.15) is 9.50 Å². The van der Waals surface area contributed by atoms with Crippen LogP contribution in [0.1, 0.15) is 45.7 Å². The first-order valence-electron chi connectivity index (χ1n) is 12.5. The fraction of sp³-hybridized carbons (Fsp3) is 0.680. The van der Waals surface area contributed by atoms with Gasteiger partial charge in [0.2, 0.25) is 10.5 Å². The third-order valence-electron chi connectivity index (χ3n) is 6.03. The van der Waals surface area contributed by atoms with Crippen molar-refractivity contribution in [1.29, 1.82) is 0 Å². The van der Waals surface area contributed by atoms with Crippen LogP contribution in [0, 0.1) is 0 Å². The Labute approximate surface area is 229 Å². The highest BCUT2D eigenvalue weighted by atomic mass is 79.9. The molecule has 0 N–H and O–H groups in total. The van der Waals surface area contributed by atoms with Gasteiger partial charge in [0.25, 0.3) is 5.56 Å². The van der Waals surface area contributed by atoms with E-state index in [-0.39, 0.29) is 24.3 Å². The van der Waals surface area contributed by atoms with E-state index in [0.29, 0.717) is 55.4 Å². The van der Waals surface area contributed by atoms with Crippen molar-refractivity contribution in [1.82, 2.24) is 24.1 Å². The minimum Gasteiger partial charge on any atom is -0.444 e. The zero-order chi connectivity index (χ0) is 27.5. The van der Waals surface area contributed by atoms with Gasteiger partial charge in [0, 0.05) is 37.8 Å². The number of anilines is 1. The van der Waals surface area contributed by atoms with Gasteiger partial charge in [0.15, 0.2) is 0 Å². The monoisotopic (exact) mass is 600 g/mol.